The van der Waals surface area contributed by atoms with Crippen LogP contribution < -0.4 is 24.3 Å². The average molecular weight is 529 g/mol. The van der Waals surface area contributed by atoms with Gasteiger partial charge >= 0.3 is 0 Å². The summed E-state index contributed by atoms with van der Waals surface area (Å²) in [4.78, 5) is 12.5. The van der Waals surface area contributed by atoms with Gasteiger partial charge < -0.3 is 24.3 Å². The van der Waals surface area contributed by atoms with E-state index in [-0.39, 0.29) is 5.57 Å². The number of hydrogen-bond acceptors (Lipinski definition) is 6. The van der Waals surface area contributed by atoms with Crippen molar-refractivity contribution >= 4 is 12.0 Å². The number of nitrogens with one attached hydrogen (secondary N) is 1. The van der Waals surface area contributed by atoms with Crippen LogP contribution in [0.3, 0.4) is 0 Å². The van der Waals surface area contributed by atoms with Crippen molar-refractivity contribution in [3.05, 3.63) is 89.5 Å². The third-order valence-corrected chi connectivity index (χ3v) is 5.86. The van der Waals surface area contributed by atoms with Crippen molar-refractivity contribution < 1.29 is 23.7 Å². The number of nitrogens with zero attached hydrogens (tertiary/aromatic N) is 1. The van der Waals surface area contributed by atoms with Crippen molar-refractivity contribution in [2.75, 3.05) is 26.9 Å². The molecule has 0 heterocycles. The Hall–Kier alpha value is -4.44. The molecule has 0 aliphatic carbocycles. The second-order valence-electron chi connectivity index (χ2n) is 8.83. The van der Waals surface area contributed by atoms with Gasteiger partial charge in [-0.25, -0.2) is 0 Å². The molecule has 3 aromatic carbocycles. The Morgan fingerprint density at radius 3 is 2.21 bits per heavy atom. The number of carbonyl (C=O) groups is 1. The number of hydrogen-bond donors (Lipinski definition) is 1. The topological polar surface area (TPSA) is 89.8 Å². The van der Waals surface area contributed by atoms with Gasteiger partial charge in [-0.05, 0) is 60.0 Å². The summed E-state index contributed by atoms with van der Waals surface area (Å²) in [6.45, 7) is 3.92. The molecule has 0 bridgehead atoms. The fraction of sp³-hybridized carbons (Fsp3) is 0.312. The molecule has 0 aliphatic heterocycles. The van der Waals surface area contributed by atoms with Gasteiger partial charge in [0.2, 0.25) is 0 Å². The number of amides is 1. The highest BCUT2D eigenvalue weighted by Crippen LogP contribution is 2.29. The smallest absolute Gasteiger partial charge is 0.262 e. The first kappa shape index (κ1) is 29.1. The van der Waals surface area contributed by atoms with Gasteiger partial charge in [-0.3, -0.25) is 4.79 Å². The minimum Gasteiger partial charge on any atom is -0.494 e. The normalized spacial score (nSPS) is 10.8. The molecule has 39 heavy (non-hydrogen) atoms. The van der Waals surface area contributed by atoms with Crippen molar-refractivity contribution in [1.29, 1.82) is 5.26 Å². The average Bonchev–Trinajstić information content (AvgIpc) is 2.98. The largest absolute Gasteiger partial charge is 0.494 e. The molecule has 1 N–H and O–H groups in total. The van der Waals surface area contributed by atoms with Crippen LogP contribution in [0.15, 0.2) is 78.4 Å². The molecule has 3 rings (SSSR count). The van der Waals surface area contributed by atoms with Gasteiger partial charge in [0.05, 0.1) is 13.7 Å². The van der Waals surface area contributed by atoms with Crippen LogP contribution in [0.25, 0.3) is 6.08 Å². The number of ether oxygens (including phenoxy) is 4. The van der Waals surface area contributed by atoms with Gasteiger partial charge in [0.15, 0.2) is 11.5 Å². The molecule has 0 unspecified atom stereocenters. The monoisotopic (exact) mass is 528 g/mol. The van der Waals surface area contributed by atoms with Crippen LogP contribution in [0.5, 0.6) is 23.0 Å². The molecule has 7 nitrogen and oxygen atoms in total. The number of rotatable bonds is 16. The van der Waals surface area contributed by atoms with Crippen molar-refractivity contribution in [1.82, 2.24) is 5.32 Å². The molecule has 0 aliphatic rings. The van der Waals surface area contributed by atoms with Crippen LogP contribution in [0.2, 0.25) is 0 Å². The zero-order valence-corrected chi connectivity index (χ0v) is 22.7. The molecular weight excluding hydrogens is 492 g/mol. The Morgan fingerprint density at radius 2 is 1.54 bits per heavy atom. The maximum Gasteiger partial charge on any atom is 0.262 e. The summed E-state index contributed by atoms with van der Waals surface area (Å²) in [5, 5.41) is 12.3. The summed E-state index contributed by atoms with van der Waals surface area (Å²) in [6, 6.07) is 24.3. The summed E-state index contributed by atoms with van der Waals surface area (Å²) in [5.41, 5.74) is 1.60. The van der Waals surface area contributed by atoms with Gasteiger partial charge in [-0.15, -0.1) is 0 Å². The highest BCUT2D eigenvalue weighted by atomic mass is 16.5. The lowest BCUT2D eigenvalue weighted by molar-refractivity contribution is -0.117. The summed E-state index contributed by atoms with van der Waals surface area (Å²) >= 11 is 0. The Balaban J connectivity index is 1.47. The molecule has 0 atom stereocenters. The minimum atomic E-state index is -0.440. The lowest BCUT2D eigenvalue weighted by Gasteiger charge is -2.12. The fourth-order valence-electron chi connectivity index (χ4n) is 3.74. The van der Waals surface area contributed by atoms with Crippen LogP contribution in [0.4, 0.5) is 0 Å². The van der Waals surface area contributed by atoms with E-state index in [1.165, 1.54) is 32.4 Å². The van der Waals surface area contributed by atoms with Gasteiger partial charge in [0.1, 0.15) is 36.4 Å². The molecule has 0 radical (unpaired) electrons. The SMILES string of the molecule is CCCCCCOc1ccc(OCCOc2ccc(/C=C(\C#N)C(=O)NCc3ccccc3)cc2OC)cc1. The molecule has 1 amide bonds. The van der Waals surface area contributed by atoms with E-state index in [2.05, 4.69) is 12.2 Å². The third-order valence-electron chi connectivity index (χ3n) is 5.86. The third kappa shape index (κ3) is 10.1. The molecule has 7 heteroatoms. The Labute approximate surface area is 231 Å². The highest BCUT2D eigenvalue weighted by Gasteiger charge is 2.11. The number of methoxy groups -OCH3 is 1. The molecular formula is C32H36N2O5. The first-order valence-electron chi connectivity index (χ1n) is 13.2. The lowest BCUT2D eigenvalue weighted by Crippen LogP contribution is -2.23. The van der Waals surface area contributed by atoms with E-state index in [4.69, 9.17) is 18.9 Å². The molecule has 204 valence electrons. The number of carbonyl (C=O) groups excluding carboxylic acids is 1. The molecule has 0 saturated heterocycles. The van der Waals surface area contributed by atoms with E-state index in [1.807, 2.05) is 60.7 Å². The van der Waals surface area contributed by atoms with Crippen LogP contribution in [-0.2, 0) is 11.3 Å². The first-order chi connectivity index (χ1) is 19.1. The van der Waals surface area contributed by atoms with Crippen LogP contribution in [0.1, 0.15) is 43.7 Å². The van der Waals surface area contributed by atoms with Gasteiger partial charge in [-0.1, -0.05) is 62.6 Å². The zero-order valence-electron chi connectivity index (χ0n) is 22.7. The van der Waals surface area contributed by atoms with E-state index in [1.54, 1.807) is 18.2 Å². The molecule has 0 saturated carbocycles. The Morgan fingerprint density at radius 1 is 0.846 bits per heavy atom. The predicted molar refractivity (Wildman–Crippen MR) is 152 cm³/mol. The summed E-state index contributed by atoms with van der Waals surface area (Å²) in [7, 11) is 1.54. The fourth-order valence-corrected chi connectivity index (χ4v) is 3.74. The van der Waals surface area contributed by atoms with Crippen molar-refractivity contribution in [2.24, 2.45) is 0 Å². The lowest BCUT2D eigenvalue weighted by atomic mass is 10.1. The van der Waals surface area contributed by atoms with E-state index in [9.17, 15) is 10.1 Å². The quantitative estimate of drug-likeness (QED) is 0.133. The van der Waals surface area contributed by atoms with Gasteiger partial charge in [-0.2, -0.15) is 5.26 Å². The summed E-state index contributed by atoms with van der Waals surface area (Å²) in [6.07, 6.45) is 6.23. The second kappa shape index (κ2) is 16.4. The maximum absolute atomic E-state index is 12.5. The van der Waals surface area contributed by atoms with Crippen molar-refractivity contribution in [2.45, 2.75) is 39.2 Å². The Bertz CT molecular complexity index is 1230. The zero-order chi connectivity index (χ0) is 27.7. The van der Waals surface area contributed by atoms with Crippen molar-refractivity contribution in [3.8, 4) is 29.1 Å². The van der Waals surface area contributed by atoms with Crippen molar-refractivity contribution in [3.63, 3.8) is 0 Å². The number of unbranched alkanes of at least 4 members (excludes halogenated alkanes) is 3. The Kier molecular flexibility index (Phi) is 12.3. The van der Waals surface area contributed by atoms with Gasteiger partial charge in [0.25, 0.3) is 5.91 Å². The van der Waals surface area contributed by atoms with E-state index in [0.29, 0.717) is 36.8 Å². The first-order valence-corrected chi connectivity index (χ1v) is 13.2. The van der Waals surface area contributed by atoms with E-state index >= 15 is 0 Å². The maximum atomic E-state index is 12.5. The van der Waals surface area contributed by atoms with Crippen LogP contribution in [0, 0.1) is 11.3 Å². The van der Waals surface area contributed by atoms with Crippen LogP contribution >= 0.6 is 0 Å². The standard InChI is InChI=1S/C32H36N2O5/c1-3-4-5-9-18-37-28-13-15-29(16-14-28)38-19-20-39-30-17-12-26(22-31(30)36-2)21-27(23-33)32(35)34-24-25-10-7-6-8-11-25/h6-8,10-17,21-22H,3-5,9,18-20,24H2,1-2H3,(H,34,35)/b27-21+. The summed E-state index contributed by atoms with van der Waals surface area (Å²) < 4.78 is 22.8. The molecule has 0 aromatic heterocycles. The molecule has 3 aromatic rings. The van der Waals surface area contributed by atoms with E-state index in [0.717, 1.165) is 30.1 Å². The minimum absolute atomic E-state index is 0.00274. The van der Waals surface area contributed by atoms with Gasteiger partial charge in [0, 0.05) is 6.54 Å². The highest BCUT2D eigenvalue weighted by molar-refractivity contribution is 6.01. The molecule has 0 fully saturated rings. The number of benzene rings is 3. The molecule has 0 spiro atoms. The predicted octanol–water partition coefficient (Wildman–Crippen LogP) is 6.34. The second-order valence-corrected chi connectivity index (χ2v) is 8.83. The van der Waals surface area contributed by atoms with E-state index < -0.39 is 5.91 Å². The number of nitriles is 1. The summed E-state index contributed by atoms with van der Waals surface area (Å²) in [5.74, 6) is 2.16. The van der Waals surface area contributed by atoms with Crippen LogP contribution in [-0.4, -0.2) is 32.8 Å².